The molecule has 0 bridgehead atoms. The highest BCUT2D eigenvalue weighted by Gasteiger charge is 2.07. The lowest BCUT2D eigenvalue weighted by Gasteiger charge is -2.10. The van der Waals surface area contributed by atoms with E-state index in [4.69, 9.17) is 17.0 Å². The van der Waals surface area contributed by atoms with E-state index in [1.807, 2.05) is 24.7 Å². The van der Waals surface area contributed by atoms with Crippen LogP contribution in [0.25, 0.3) is 11.0 Å². The molecule has 2 aromatic rings. The summed E-state index contributed by atoms with van der Waals surface area (Å²) in [6.07, 6.45) is 0. The smallest absolute Gasteiger partial charge is 0.178 e. The second kappa shape index (κ2) is 6.47. The standard InChI is InChI=1S/C14H20FN3OS/c1-10-8-13-12(9-11(10)15)16-14(20)18(13)5-7-19-6-4-17(2)3/h8-9H,4-7H2,1-3H3,(H,16,20). The van der Waals surface area contributed by atoms with E-state index in [-0.39, 0.29) is 5.82 Å². The number of nitrogens with one attached hydrogen (secondary N) is 1. The average Bonchev–Trinajstić information content (AvgIpc) is 2.65. The summed E-state index contributed by atoms with van der Waals surface area (Å²) in [5, 5.41) is 0. The Kier molecular flexibility index (Phi) is 4.91. The predicted molar refractivity (Wildman–Crippen MR) is 81.2 cm³/mol. The molecule has 1 aromatic heterocycles. The van der Waals surface area contributed by atoms with E-state index in [2.05, 4.69) is 9.88 Å². The maximum Gasteiger partial charge on any atom is 0.178 e. The molecule has 2 rings (SSSR count). The minimum atomic E-state index is -0.219. The predicted octanol–water partition coefficient (Wildman–Crippen LogP) is 2.72. The first-order chi connectivity index (χ1) is 9.49. The molecular weight excluding hydrogens is 277 g/mol. The van der Waals surface area contributed by atoms with Gasteiger partial charge in [0, 0.05) is 13.1 Å². The third-order valence-electron chi connectivity index (χ3n) is 3.20. The lowest BCUT2D eigenvalue weighted by molar-refractivity contribution is 0.111. The number of aromatic amines is 1. The van der Waals surface area contributed by atoms with Gasteiger partial charge in [-0.1, -0.05) is 0 Å². The normalized spacial score (nSPS) is 11.7. The number of benzene rings is 1. The number of hydrogen-bond donors (Lipinski definition) is 1. The van der Waals surface area contributed by atoms with Crippen LogP contribution in [-0.4, -0.2) is 48.3 Å². The first-order valence-corrected chi connectivity index (χ1v) is 7.01. The van der Waals surface area contributed by atoms with Crippen molar-refractivity contribution in [3.63, 3.8) is 0 Å². The van der Waals surface area contributed by atoms with Crippen LogP contribution < -0.4 is 0 Å². The number of aryl methyl sites for hydroxylation is 1. The van der Waals surface area contributed by atoms with Crippen LogP contribution in [-0.2, 0) is 11.3 Å². The van der Waals surface area contributed by atoms with Gasteiger partial charge in [-0.15, -0.1) is 0 Å². The maximum atomic E-state index is 13.5. The van der Waals surface area contributed by atoms with Gasteiger partial charge in [-0.3, -0.25) is 0 Å². The van der Waals surface area contributed by atoms with Crippen LogP contribution in [0.3, 0.4) is 0 Å². The molecule has 0 saturated carbocycles. The van der Waals surface area contributed by atoms with E-state index >= 15 is 0 Å². The fourth-order valence-electron chi connectivity index (χ4n) is 2.01. The Hall–Kier alpha value is -1.24. The zero-order valence-electron chi connectivity index (χ0n) is 12.1. The van der Waals surface area contributed by atoms with Crippen LogP contribution in [0, 0.1) is 17.5 Å². The molecule has 0 atom stereocenters. The molecule has 0 fully saturated rings. The highest BCUT2D eigenvalue weighted by molar-refractivity contribution is 7.71. The molecule has 0 unspecified atom stereocenters. The number of aromatic nitrogens is 2. The molecule has 0 saturated heterocycles. The van der Waals surface area contributed by atoms with Crippen molar-refractivity contribution in [1.29, 1.82) is 0 Å². The van der Waals surface area contributed by atoms with E-state index in [9.17, 15) is 4.39 Å². The number of H-pyrrole nitrogens is 1. The Morgan fingerprint density at radius 3 is 2.80 bits per heavy atom. The molecule has 110 valence electrons. The Labute approximate surface area is 123 Å². The van der Waals surface area contributed by atoms with Crippen molar-refractivity contribution in [3.05, 3.63) is 28.3 Å². The first kappa shape index (κ1) is 15.2. The number of hydrogen-bond acceptors (Lipinski definition) is 3. The number of ether oxygens (including phenoxy) is 1. The van der Waals surface area contributed by atoms with Crippen LogP contribution in [0.4, 0.5) is 4.39 Å². The Balaban J connectivity index is 2.08. The van der Waals surface area contributed by atoms with E-state index in [0.717, 1.165) is 17.6 Å². The van der Waals surface area contributed by atoms with Gasteiger partial charge < -0.3 is 19.2 Å². The topological polar surface area (TPSA) is 33.2 Å². The summed E-state index contributed by atoms with van der Waals surface area (Å²) in [6, 6.07) is 3.31. The summed E-state index contributed by atoms with van der Waals surface area (Å²) in [5.41, 5.74) is 2.27. The molecular formula is C14H20FN3OS. The number of imidazole rings is 1. The third kappa shape index (κ3) is 3.45. The van der Waals surface area contributed by atoms with Crippen molar-refractivity contribution in [1.82, 2.24) is 14.5 Å². The van der Waals surface area contributed by atoms with Crippen LogP contribution in [0.15, 0.2) is 12.1 Å². The fraction of sp³-hybridized carbons (Fsp3) is 0.500. The van der Waals surface area contributed by atoms with E-state index in [1.54, 1.807) is 6.92 Å². The second-order valence-corrected chi connectivity index (χ2v) is 5.50. The largest absolute Gasteiger partial charge is 0.378 e. The Bertz CT molecular complexity index is 648. The molecule has 0 radical (unpaired) electrons. The first-order valence-electron chi connectivity index (χ1n) is 6.60. The van der Waals surface area contributed by atoms with Crippen molar-refractivity contribution >= 4 is 23.3 Å². The minimum absolute atomic E-state index is 0.219. The molecule has 0 spiro atoms. The van der Waals surface area contributed by atoms with E-state index in [0.29, 0.717) is 30.1 Å². The van der Waals surface area contributed by atoms with Crippen molar-refractivity contribution in [3.8, 4) is 0 Å². The lowest BCUT2D eigenvalue weighted by atomic mass is 10.2. The molecule has 4 nitrogen and oxygen atoms in total. The minimum Gasteiger partial charge on any atom is -0.378 e. The van der Waals surface area contributed by atoms with Crippen LogP contribution in [0.1, 0.15) is 5.56 Å². The van der Waals surface area contributed by atoms with Gasteiger partial charge in [-0.25, -0.2) is 4.39 Å². The summed E-state index contributed by atoms with van der Waals surface area (Å²) >= 11 is 5.28. The van der Waals surface area contributed by atoms with Gasteiger partial charge in [0.2, 0.25) is 0 Å². The van der Waals surface area contributed by atoms with Crippen molar-refractivity contribution in [2.75, 3.05) is 33.9 Å². The van der Waals surface area contributed by atoms with Gasteiger partial charge in [0.25, 0.3) is 0 Å². The molecule has 0 amide bonds. The van der Waals surface area contributed by atoms with Gasteiger partial charge in [0.15, 0.2) is 4.77 Å². The van der Waals surface area contributed by atoms with Gasteiger partial charge >= 0.3 is 0 Å². The summed E-state index contributed by atoms with van der Waals surface area (Å²) in [6.45, 7) is 4.59. The average molecular weight is 297 g/mol. The summed E-state index contributed by atoms with van der Waals surface area (Å²) in [7, 11) is 4.02. The number of halogens is 1. The molecule has 1 aromatic carbocycles. The highest BCUT2D eigenvalue weighted by atomic mass is 32.1. The zero-order valence-corrected chi connectivity index (χ0v) is 12.9. The number of fused-ring (bicyclic) bond motifs is 1. The highest BCUT2D eigenvalue weighted by Crippen LogP contribution is 2.18. The molecule has 1 heterocycles. The van der Waals surface area contributed by atoms with Crippen LogP contribution in [0.5, 0.6) is 0 Å². The van der Waals surface area contributed by atoms with Gasteiger partial charge in [0.05, 0.1) is 24.2 Å². The van der Waals surface area contributed by atoms with Crippen molar-refractivity contribution < 1.29 is 9.13 Å². The number of likely N-dealkylation sites (N-methyl/N-ethyl adjacent to an activating group) is 1. The lowest BCUT2D eigenvalue weighted by Crippen LogP contribution is -2.19. The number of rotatable bonds is 6. The summed E-state index contributed by atoms with van der Waals surface area (Å²) in [5.74, 6) is -0.219. The van der Waals surface area contributed by atoms with Crippen LogP contribution >= 0.6 is 12.2 Å². The van der Waals surface area contributed by atoms with Crippen molar-refractivity contribution in [2.24, 2.45) is 0 Å². The van der Waals surface area contributed by atoms with E-state index < -0.39 is 0 Å². The second-order valence-electron chi connectivity index (χ2n) is 5.12. The molecule has 0 aliphatic rings. The van der Waals surface area contributed by atoms with Gasteiger partial charge in [0.1, 0.15) is 5.82 Å². The summed E-state index contributed by atoms with van der Waals surface area (Å²) in [4.78, 5) is 5.10. The molecule has 20 heavy (non-hydrogen) atoms. The van der Waals surface area contributed by atoms with Gasteiger partial charge in [-0.05, 0) is 50.9 Å². The summed E-state index contributed by atoms with van der Waals surface area (Å²) < 4.78 is 21.7. The van der Waals surface area contributed by atoms with E-state index in [1.165, 1.54) is 6.07 Å². The Morgan fingerprint density at radius 1 is 1.35 bits per heavy atom. The molecule has 6 heteroatoms. The van der Waals surface area contributed by atoms with Crippen LogP contribution in [0.2, 0.25) is 0 Å². The number of nitrogens with zero attached hydrogens (tertiary/aromatic N) is 2. The van der Waals surface area contributed by atoms with Crippen molar-refractivity contribution in [2.45, 2.75) is 13.5 Å². The monoisotopic (exact) mass is 297 g/mol. The molecule has 1 N–H and O–H groups in total. The zero-order chi connectivity index (χ0) is 14.7. The van der Waals surface area contributed by atoms with Gasteiger partial charge in [-0.2, -0.15) is 0 Å². The quantitative estimate of drug-likeness (QED) is 0.657. The SMILES string of the molecule is Cc1cc2c(cc1F)[nH]c(=S)n2CCOCCN(C)C. The molecule has 0 aliphatic carbocycles. The third-order valence-corrected chi connectivity index (χ3v) is 3.52. The Morgan fingerprint density at radius 2 is 2.10 bits per heavy atom. The molecule has 0 aliphatic heterocycles. The fourth-order valence-corrected chi connectivity index (χ4v) is 2.31. The maximum absolute atomic E-state index is 13.5.